The summed E-state index contributed by atoms with van der Waals surface area (Å²) < 4.78 is 10.9. The van der Waals surface area contributed by atoms with E-state index in [0.717, 1.165) is 6.42 Å². The molecular weight excluding hydrogens is 288 g/mol. The molecule has 1 aromatic heterocycles. The molecule has 0 amide bonds. The molecule has 0 aliphatic rings. The molecule has 1 aromatic rings. The summed E-state index contributed by atoms with van der Waals surface area (Å²) in [5.41, 5.74) is 2.61. The van der Waals surface area contributed by atoms with Gasteiger partial charge in [0.05, 0.1) is 12.7 Å². The van der Waals surface area contributed by atoms with Crippen LogP contribution in [0.1, 0.15) is 75.7 Å². The highest BCUT2D eigenvalue weighted by Crippen LogP contribution is 2.20. The molecule has 0 atom stereocenters. The highest BCUT2D eigenvalue weighted by molar-refractivity contribution is 5.30. The van der Waals surface area contributed by atoms with Crippen LogP contribution in [-0.4, -0.2) is 7.11 Å². The van der Waals surface area contributed by atoms with Crippen molar-refractivity contribution < 1.29 is 9.15 Å². The van der Waals surface area contributed by atoms with Gasteiger partial charge in [0.25, 0.3) is 5.95 Å². The molecule has 23 heavy (non-hydrogen) atoms. The maximum Gasteiger partial charge on any atom is 0.291 e. The monoisotopic (exact) mass is 320 g/mol. The molecule has 0 saturated carbocycles. The van der Waals surface area contributed by atoms with Crippen LogP contribution >= 0.6 is 0 Å². The highest BCUT2D eigenvalue weighted by atomic mass is 16.6. The SMILES string of the molecule is CCCCCCCC/C(C)=C\Cc1oc(OC)c(C)c(=O)c1C. The standard InChI is InChI=1S/C20H32O3/c1-6-7-8-9-10-11-12-15(2)13-14-18-16(3)19(21)17(4)20(22-5)23-18/h13H,6-12,14H2,1-5H3/b15-13-. The van der Waals surface area contributed by atoms with E-state index < -0.39 is 0 Å². The molecule has 0 bridgehead atoms. The molecule has 3 nitrogen and oxygen atoms in total. The Hall–Kier alpha value is -1.51. The normalized spacial score (nSPS) is 11.8. The molecule has 0 spiro atoms. The van der Waals surface area contributed by atoms with Gasteiger partial charge >= 0.3 is 0 Å². The molecule has 0 unspecified atom stereocenters. The fourth-order valence-electron chi connectivity index (χ4n) is 2.71. The van der Waals surface area contributed by atoms with E-state index in [9.17, 15) is 4.79 Å². The van der Waals surface area contributed by atoms with Crippen LogP contribution in [0.4, 0.5) is 0 Å². The maximum atomic E-state index is 12.2. The molecule has 0 saturated heterocycles. The van der Waals surface area contributed by atoms with Gasteiger partial charge in [-0.25, -0.2) is 0 Å². The van der Waals surface area contributed by atoms with Crippen molar-refractivity contribution in [1.82, 2.24) is 0 Å². The Morgan fingerprint density at radius 3 is 2.39 bits per heavy atom. The van der Waals surface area contributed by atoms with Gasteiger partial charge in [-0.15, -0.1) is 0 Å². The maximum absolute atomic E-state index is 12.2. The molecule has 0 aliphatic heterocycles. The van der Waals surface area contributed by atoms with Crippen LogP contribution in [0.25, 0.3) is 0 Å². The van der Waals surface area contributed by atoms with Gasteiger partial charge in [-0.3, -0.25) is 4.79 Å². The van der Waals surface area contributed by atoms with Crippen molar-refractivity contribution in [3.63, 3.8) is 0 Å². The van der Waals surface area contributed by atoms with Crippen LogP contribution in [-0.2, 0) is 6.42 Å². The summed E-state index contributed by atoms with van der Waals surface area (Å²) >= 11 is 0. The Labute approximate surface area is 140 Å². The predicted octanol–water partition coefficient (Wildman–Crippen LogP) is 5.50. The number of hydrogen-bond donors (Lipinski definition) is 0. The minimum atomic E-state index is 0.0186. The summed E-state index contributed by atoms with van der Waals surface area (Å²) in [7, 11) is 1.53. The van der Waals surface area contributed by atoms with Crippen molar-refractivity contribution in [3.8, 4) is 5.95 Å². The minimum absolute atomic E-state index is 0.0186. The van der Waals surface area contributed by atoms with Crippen molar-refractivity contribution in [2.75, 3.05) is 7.11 Å². The number of allylic oxidation sites excluding steroid dienone is 2. The fraction of sp³-hybridized carbons (Fsp3) is 0.650. The lowest BCUT2D eigenvalue weighted by atomic mass is 10.0. The van der Waals surface area contributed by atoms with Crippen LogP contribution in [0.3, 0.4) is 0 Å². The molecule has 0 N–H and O–H groups in total. The van der Waals surface area contributed by atoms with Crippen molar-refractivity contribution in [1.29, 1.82) is 0 Å². The average molecular weight is 320 g/mol. The van der Waals surface area contributed by atoms with E-state index in [0.29, 0.717) is 29.3 Å². The lowest BCUT2D eigenvalue weighted by Crippen LogP contribution is -2.13. The zero-order valence-electron chi connectivity index (χ0n) is 15.5. The van der Waals surface area contributed by atoms with Gasteiger partial charge in [-0.1, -0.05) is 50.7 Å². The van der Waals surface area contributed by atoms with E-state index in [2.05, 4.69) is 19.9 Å². The van der Waals surface area contributed by atoms with E-state index in [1.165, 1.54) is 51.2 Å². The summed E-state index contributed by atoms with van der Waals surface area (Å²) in [4.78, 5) is 12.2. The Morgan fingerprint density at radius 2 is 1.74 bits per heavy atom. The molecule has 0 radical (unpaired) electrons. The first kappa shape index (κ1) is 19.5. The van der Waals surface area contributed by atoms with E-state index in [4.69, 9.17) is 9.15 Å². The molecule has 1 rings (SSSR count). The van der Waals surface area contributed by atoms with Crippen molar-refractivity contribution in [2.45, 2.75) is 79.1 Å². The summed E-state index contributed by atoms with van der Waals surface area (Å²) in [5, 5.41) is 0. The van der Waals surface area contributed by atoms with Gasteiger partial charge in [0.15, 0.2) is 5.43 Å². The first-order chi connectivity index (χ1) is 11.0. The molecule has 130 valence electrons. The Balaban J connectivity index is 2.56. The largest absolute Gasteiger partial charge is 0.468 e. The lowest BCUT2D eigenvalue weighted by Gasteiger charge is -2.08. The highest BCUT2D eigenvalue weighted by Gasteiger charge is 2.13. The third-order valence-corrected chi connectivity index (χ3v) is 4.37. The van der Waals surface area contributed by atoms with Crippen LogP contribution in [0.2, 0.25) is 0 Å². The lowest BCUT2D eigenvalue weighted by molar-refractivity contribution is 0.281. The number of ether oxygens (including phenoxy) is 1. The summed E-state index contributed by atoms with van der Waals surface area (Å²) in [6.07, 6.45) is 11.8. The van der Waals surface area contributed by atoms with E-state index >= 15 is 0 Å². The van der Waals surface area contributed by atoms with Crippen LogP contribution in [0, 0.1) is 13.8 Å². The predicted molar refractivity (Wildman–Crippen MR) is 96.5 cm³/mol. The number of hydrogen-bond acceptors (Lipinski definition) is 3. The van der Waals surface area contributed by atoms with E-state index in [-0.39, 0.29) is 5.43 Å². The average Bonchev–Trinajstić information content (AvgIpc) is 2.55. The summed E-state index contributed by atoms with van der Waals surface area (Å²) in [6.45, 7) is 7.96. The number of methoxy groups -OCH3 is 1. The first-order valence-electron chi connectivity index (χ1n) is 8.84. The molecule has 0 aliphatic carbocycles. The smallest absolute Gasteiger partial charge is 0.291 e. The first-order valence-corrected chi connectivity index (χ1v) is 8.84. The Morgan fingerprint density at radius 1 is 1.09 bits per heavy atom. The second-order valence-electron chi connectivity index (χ2n) is 6.37. The molecule has 1 heterocycles. The number of unbranched alkanes of at least 4 members (excludes halogenated alkanes) is 5. The summed E-state index contributed by atoms with van der Waals surface area (Å²) in [6, 6.07) is 0. The van der Waals surface area contributed by atoms with Crippen LogP contribution in [0.5, 0.6) is 5.95 Å². The Kier molecular flexibility index (Phi) is 8.75. The van der Waals surface area contributed by atoms with Gasteiger partial charge in [0.2, 0.25) is 0 Å². The van der Waals surface area contributed by atoms with Crippen molar-refractivity contribution in [3.05, 3.63) is 38.8 Å². The zero-order valence-corrected chi connectivity index (χ0v) is 15.5. The molecule has 0 aromatic carbocycles. The fourth-order valence-corrected chi connectivity index (χ4v) is 2.71. The van der Waals surface area contributed by atoms with E-state index in [1.54, 1.807) is 6.92 Å². The topological polar surface area (TPSA) is 39.4 Å². The quantitative estimate of drug-likeness (QED) is 0.422. The van der Waals surface area contributed by atoms with Crippen LogP contribution < -0.4 is 10.2 Å². The van der Waals surface area contributed by atoms with Gasteiger partial charge in [0, 0.05) is 12.0 Å². The van der Waals surface area contributed by atoms with Gasteiger partial charge in [-0.05, 0) is 33.6 Å². The van der Waals surface area contributed by atoms with Gasteiger partial charge in [-0.2, -0.15) is 0 Å². The second kappa shape index (κ2) is 10.3. The number of rotatable bonds is 10. The third kappa shape index (κ3) is 6.25. The van der Waals surface area contributed by atoms with Crippen molar-refractivity contribution >= 4 is 0 Å². The van der Waals surface area contributed by atoms with Crippen molar-refractivity contribution in [2.24, 2.45) is 0 Å². The third-order valence-electron chi connectivity index (χ3n) is 4.37. The molecule has 3 heteroatoms. The molecule has 0 fully saturated rings. The van der Waals surface area contributed by atoms with E-state index in [1.807, 2.05) is 6.92 Å². The van der Waals surface area contributed by atoms with Gasteiger partial charge < -0.3 is 9.15 Å². The van der Waals surface area contributed by atoms with Gasteiger partial charge in [0.1, 0.15) is 5.76 Å². The second-order valence-corrected chi connectivity index (χ2v) is 6.37. The van der Waals surface area contributed by atoms with Crippen LogP contribution in [0.15, 0.2) is 20.9 Å². The Bertz CT molecular complexity index is 567. The zero-order chi connectivity index (χ0) is 17.2. The molecular formula is C20H32O3. The minimum Gasteiger partial charge on any atom is -0.468 e. The summed E-state index contributed by atoms with van der Waals surface area (Å²) in [5.74, 6) is 1.04.